The molecule has 0 radical (unpaired) electrons. The third-order valence-corrected chi connectivity index (χ3v) is 12.5. The molecule has 0 aromatic carbocycles. The summed E-state index contributed by atoms with van der Waals surface area (Å²) < 4.78 is 33.5. The van der Waals surface area contributed by atoms with Crippen molar-refractivity contribution in [1.82, 2.24) is 10.2 Å². The number of ether oxygens (including phenoxy) is 6. The molecule has 0 aromatic rings. The van der Waals surface area contributed by atoms with Crippen LogP contribution < -0.4 is 5.32 Å². The minimum Gasteiger partial charge on any atom is -0.465 e. The predicted molar refractivity (Wildman–Crippen MR) is 292 cm³/mol. The smallest absolute Gasteiger partial charge is 0.305 e. The van der Waals surface area contributed by atoms with Crippen LogP contribution in [0.1, 0.15) is 228 Å². The lowest BCUT2D eigenvalue weighted by Gasteiger charge is -2.28. The molecule has 16 heteroatoms. The molecule has 0 aliphatic carbocycles. The van der Waals surface area contributed by atoms with Crippen molar-refractivity contribution in [1.29, 1.82) is 0 Å². The maximum Gasteiger partial charge on any atom is 0.305 e. The first-order valence-corrected chi connectivity index (χ1v) is 29.3. The van der Waals surface area contributed by atoms with Crippen LogP contribution in [0.2, 0.25) is 0 Å². The maximum absolute atomic E-state index is 12.7. The zero-order valence-electron chi connectivity index (χ0n) is 47.3. The molecule has 0 saturated heterocycles. The van der Waals surface area contributed by atoms with E-state index in [9.17, 15) is 28.8 Å². The van der Waals surface area contributed by atoms with Gasteiger partial charge in [0, 0.05) is 38.5 Å². The van der Waals surface area contributed by atoms with Crippen molar-refractivity contribution in [2.75, 3.05) is 85.4 Å². The number of unbranched alkanes of at least 4 members (excludes halogenated alkanes) is 16. The van der Waals surface area contributed by atoms with Crippen LogP contribution in [-0.2, 0) is 57.2 Å². The van der Waals surface area contributed by atoms with Crippen molar-refractivity contribution in [2.45, 2.75) is 228 Å². The Kier molecular flexibility index (Phi) is 52.5. The Balaban J connectivity index is -0.00000483. The minimum absolute atomic E-state index is 0. The molecule has 0 aliphatic heterocycles. The van der Waals surface area contributed by atoms with E-state index in [0.29, 0.717) is 51.6 Å². The van der Waals surface area contributed by atoms with Gasteiger partial charge >= 0.3 is 35.8 Å². The summed E-state index contributed by atoms with van der Waals surface area (Å²) in [6, 6.07) is 0. The van der Waals surface area contributed by atoms with Gasteiger partial charge in [0.15, 0.2) is 0 Å². The molecule has 426 valence electrons. The van der Waals surface area contributed by atoms with Crippen molar-refractivity contribution in [3.8, 4) is 0 Å². The number of thioether (sulfide) groups is 1. The molecule has 3 N–H and O–H groups in total. The summed E-state index contributed by atoms with van der Waals surface area (Å²) in [5.41, 5.74) is -1.77. The first-order valence-electron chi connectivity index (χ1n) is 27.9. The largest absolute Gasteiger partial charge is 0.465 e. The minimum atomic E-state index is -0.883. The molecular weight excluding hydrogens is 941 g/mol. The molecule has 0 amide bonds. The SMILES string of the molecule is CCCCCCCC(=O)OCC(C)(COC(=O)CCCCCCC)COC(=O)CCCNCCCC(=O)OCC(C)(COC(=O)CCCCCCC)COC(=O)CCCCCCC.CSCCCN(C)C.O. The summed E-state index contributed by atoms with van der Waals surface area (Å²) in [4.78, 5) is 77.5. The molecule has 15 nitrogen and oxygen atoms in total. The lowest BCUT2D eigenvalue weighted by molar-refractivity contribution is -0.163. The fraction of sp³-hybridized carbons (Fsp3) is 0.893. The summed E-state index contributed by atoms with van der Waals surface area (Å²) in [5, 5.41) is 3.24. The van der Waals surface area contributed by atoms with E-state index in [1.54, 1.807) is 13.8 Å². The van der Waals surface area contributed by atoms with E-state index in [-0.39, 0.29) is 81.8 Å². The Bertz CT molecular complexity index is 1190. The number of hydrogen-bond donors (Lipinski definition) is 1. The second kappa shape index (κ2) is 51.5. The van der Waals surface area contributed by atoms with E-state index < -0.39 is 22.8 Å². The van der Waals surface area contributed by atoms with E-state index >= 15 is 0 Å². The molecule has 0 heterocycles. The summed E-state index contributed by atoms with van der Waals surface area (Å²) in [6.07, 6.45) is 26.4. The second-order valence-corrected chi connectivity index (χ2v) is 21.3. The highest BCUT2D eigenvalue weighted by Gasteiger charge is 2.32. The van der Waals surface area contributed by atoms with Gasteiger partial charge in [-0.2, -0.15) is 11.8 Å². The predicted octanol–water partition coefficient (Wildman–Crippen LogP) is 11.3. The van der Waals surface area contributed by atoms with Crippen molar-refractivity contribution in [3.05, 3.63) is 0 Å². The molecule has 0 unspecified atom stereocenters. The van der Waals surface area contributed by atoms with Gasteiger partial charge in [-0.05, 0) is 105 Å². The Morgan fingerprint density at radius 3 is 0.847 bits per heavy atom. The van der Waals surface area contributed by atoms with Gasteiger partial charge in [0.25, 0.3) is 0 Å². The molecule has 0 bridgehead atoms. The zero-order chi connectivity index (χ0) is 53.3. The summed E-state index contributed by atoms with van der Waals surface area (Å²) >= 11 is 1.92. The monoisotopic (exact) mass is 1050 g/mol. The number of carbonyl (C=O) groups is 6. The number of esters is 6. The van der Waals surface area contributed by atoms with Crippen LogP contribution in [0.4, 0.5) is 0 Å². The molecule has 0 spiro atoms. The highest BCUT2D eigenvalue weighted by molar-refractivity contribution is 7.98. The van der Waals surface area contributed by atoms with Crippen LogP contribution in [0.15, 0.2) is 0 Å². The Morgan fingerprint density at radius 1 is 0.389 bits per heavy atom. The van der Waals surface area contributed by atoms with E-state index in [2.05, 4.69) is 58.3 Å². The van der Waals surface area contributed by atoms with E-state index in [1.165, 1.54) is 18.7 Å². The molecular formula is C56H108N2O13S. The Hall–Kier alpha value is -2.95. The van der Waals surface area contributed by atoms with E-state index in [4.69, 9.17) is 28.4 Å². The summed E-state index contributed by atoms with van der Waals surface area (Å²) in [5.74, 6) is -0.778. The van der Waals surface area contributed by atoms with Gasteiger partial charge in [0.1, 0.15) is 39.6 Å². The van der Waals surface area contributed by atoms with Crippen LogP contribution >= 0.6 is 11.8 Å². The van der Waals surface area contributed by atoms with Gasteiger partial charge in [-0.15, -0.1) is 0 Å². The van der Waals surface area contributed by atoms with Crippen molar-refractivity contribution in [3.63, 3.8) is 0 Å². The molecule has 0 saturated carbocycles. The summed E-state index contributed by atoms with van der Waals surface area (Å²) in [6.45, 7) is 14.2. The normalized spacial score (nSPS) is 11.2. The van der Waals surface area contributed by atoms with Crippen LogP contribution in [-0.4, -0.2) is 132 Å². The van der Waals surface area contributed by atoms with Gasteiger partial charge in [0.05, 0.1) is 10.8 Å². The Morgan fingerprint density at radius 2 is 0.625 bits per heavy atom. The molecule has 0 fully saturated rings. The molecule has 0 aromatic heterocycles. The molecule has 0 rings (SSSR count). The first-order chi connectivity index (χ1) is 34.1. The third-order valence-electron chi connectivity index (χ3n) is 11.9. The lowest BCUT2D eigenvalue weighted by atomic mass is 9.94. The first kappa shape index (κ1) is 73.3. The molecule has 72 heavy (non-hydrogen) atoms. The molecule has 0 atom stereocenters. The standard InChI is InChI=1S/C50H91NO12.C6H15NS.H2O/c1-7-11-15-19-23-29-43(52)58-37-49(5,38-59-44(53)30-24-20-16-12-8-2)41-62-47(56)33-27-35-51-36-28-34-48(57)63-42-50(6,39-60-45(54)31-25-21-17-13-9-3)40-61-46(55)32-26-22-18-14-10-4;1-7(2)5-4-6-8-3;/h51H,7-42H2,1-6H3;4-6H2,1-3H3;1H2. The number of hydrogen-bond acceptors (Lipinski definition) is 15. The van der Waals surface area contributed by atoms with Gasteiger partial charge < -0.3 is 44.1 Å². The van der Waals surface area contributed by atoms with Crippen molar-refractivity contribution in [2.24, 2.45) is 10.8 Å². The van der Waals surface area contributed by atoms with Crippen LogP contribution in [0, 0.1) is 10.8 Å². The number of rotatable bonds is 48. The highest BCUT2D eigenvalue weighted by Crippen LogP contribution is 2.22. The third kappa shape index (κ3) is 50.6. The van der Waals surface area contributed by atoms with Crippen LogP contribution in [0.5, 0.6) is 0 Å². The topological polar surface area (TPSA) is 205 Å². The summed E-state index contributed by atoms with van der Waals surface area (Å²) in [7, 11) is 4.22. The molecule has 0 aliphatic rings. The maximum atomic E-state index is 12.7. The van der Waals surface area contributed by atoms with Crippen LogP contribution in [0.3, 0.4) is 0 Å². The van der Waals surface area contributed by atoms with Gasteiger partial charge in [-0.25, -0.2) is 0 Å². The zero-order valence-corrected chi connectivity index (χ0v) is 48.1. The Labute approximate surface area is 442 Å². The van der Waals surface area contributed by atoms with Crippen molar-refractivity contribution >= 4 is 47.6 Å². The van der Waals surface area contributed by atoms with E-state index in [1.807, 2.05) is 11.8 Å². The van der Waals surface area contributed by atoms with Crippen molar-refractivity contribution < 1.29 is 62.7 Å². The fourth-order valence-electron chi connectivity index (χ4n) is 7.07. The number of nitrogens with zero attached hydrogens (tertiary/aromatic N) is 1. The second-order valence-electron chi connectivity index (χ2n) is 20.3. The van der Waals surface area contributed by atoms with Gasteiger partial charge in [0.2, 0.25) is 0 Å². The number of carbonyl (C=O) groups excluding carboxylic acids is 6. The fourth-order valence-corrected chi connectivity index (χ4v) is 7.49. The van der Waals surface area contributed by atoms with E-state index in [0.717, 1.165) is 128 Å². The van der Waals surface area contributed by atoms with Gasteiger partial charge in [-0.1, -0.05) is 130 Å². The average molecular weight is 1050 g/mol. The highest BCUT2D eigenvalue weighted by atomic mass is 32.2. The van der Waals surface area contributed by atoms with Gasteiger partial charge in [-0.3, -0.25) is 28.8 Å². The van der Waals surface area contributed by atoms with Crippen LogP contribution in [0.25, 0.3) is 0 Å². The quantitative estimate of drug-likeness (QED) is 0.0342. The lowest BCUT2D eigenvalue weighted by Crippen LogP contribution is -2.37. The number of nitrogens with one attached hydrogen (secondary N) is 1. The average Bonchev–Trinajstić information content (AvgIpc) is 3.34.